The van der Waals surface area contributed by atoms with Crippen molar-refractivity contribution in [1.82, 2.24) is 10.3 Å². The highest BCUT2D eigenvalue weighted by Crippen LogP contribution is 2.17. The molecule has 0 saturated heterocycles. The van der Waals surface area contributed by atoms with Crippen LogP contribution in [0, 0.1) is 0 Å². The maximum absolute atomic E-state index is 11.3. The van der Waals surface area contributed by atoms with E-state index in [9.17, 15) is 4.79 Å². The van der Waals surface area contributed by atoms with Gasteiger partial charge in [-0.1, -0.05) is 25.4 Å². The SMILES string of the molecule is CNC(=O)c1cc(Cl)nc(C(C)C)c1. The third-order valence-electron chi connectivity index (χ3n) is 1.89. The fourth-order valence-corrected chi connectivity index (χ4v) is 1.30. The molecule has 1 rings (SSSR count). The summed E-state index contributed by atoms with van der Waals surface area (Å²) in [5.74, 6) is 0.119. The highest BCUT2D eigenvalue weighted by atomic mass is 35.5. The van der Waals surface area contributed by atoms with E-state index < -0.39 is 0 Å². The summed E-state index contributed by atoms with van der Waals surface area (Å²) in [6.07, 6.45) is 0. The first-order valence-electron chi connectivity index (χ1n) is 4.44. The Balaban J connectivity index is 3.13. The van der Waals surface area contributed by atoms with Crippen LogP contribution < -0.4 is 5.32 Å². The second-order valence-electron chi connectivity index (χ2n) is 3.34. The van der Waals surface area contributed by atoms with Crippen molar-refractivity contribution in [2.75, 3.05) is 7.05 Å². The largest absolute Gasteiger partial charge is 0.355 e. The molecule has 1 aromatic heterocycles. The average Bonchev–Trinajstić information content (AvgIpc) is 2.15. The lowest BCUT2D eigenvalue weighted by Crippen LogP contribution is -2.18. The molecule has 0 aliphatic carbocycles. The zero-order chi connectivity index (χ0) is 10.7. The molecule has 0 unspecified atom stereocenters. The van der Waals surface area contributed by atoms with E-state index >= 15 is 0 Å². The van der Waals surface area contributed by atoms with E-state index in [0.717, 1.165) is 5.69 Å². The summed E-state index contributed by atoms with van der Waals surface area (Å²) in [4.78, 5) is 15.5. The molecule has 76 valence electrons. The second kappa shape index (κ2) is 4.42. The van der Waals surface area contributed by atoms with Crippen molar-refractivity contribution >= 4 is 17.5 Å². The standard InChI is InChI=1S/C10H13ClN2O/c1-6(2)8-4-7(10(14)12-3)5-9(11)13-8/h4-6H,1-3H3,(H,12,14). The monoisotopic (exact) mass is 212 g/mol. The normalized spacial score (nSPS) is 10.4. The number of carbonyl (C=O) groups excluding carboxylic acids is 1. The van der Waals surface area contributed by atoms with Crippen LogP contribution in [-0.4, -0.2) is 17.9 Å². The second-order valence-corrected chi connectivity index (χ2v) is 3.72. The van der Waals surface area contributed by atoms with Gasteiger partial charge in [0.05, 0.1) is 0 Å². The van der Waals surface area contributed by atoms with Crippen molar-refractivity contribution in [3.05, 3.63) is 28.5 Å². The number of amides is 1. The number of carbonyl (C=O) groups is 1. The van der Waals surface area contributed by atoms with Gasteiger partial charge in [0.15, 0.2) is 0 Å². The highest BCUT2D eigenvalue weighted by Gasteiger charge is 2.09. The molecule has 4 heteroatoms. The van der Waals surface area contributed by atoms with Gasteiger partial charge in [-0.2, -0.15) is 0 Å². The minimum absolute atomic E-state index is 0.142. The highest BCUT2D eigenvalue weighted by molar-refractivity contribution is 6.29. The Hall–Kier alpha value is -1.09. The van der Waals surface area contributed by atoms with Gasteiger partial charge in [0, 0.05) is 18.3 Å². The van der Waals surface area contributed by atoms with Crippen LogP contribution in [-0.2, 0) is 0 Å². The molecule has 0 aliphatic heterocycles. The first-order chi connectivity index (χ1) is 6.54. The quantitative estimate of drug-likeness (QED) is 0.764. The minimum atomic E-state index is -0.142. The summed E-state index contributed by atoms with van der Waals surface area (Å²) in [5.41, 5.74) is 1.38. The van der Waals surface area contributed by atoms with Gasteiger partial charge < -0.3 is 5.32 Å². The Kier molecular flexibility index (Phi) is 3.47. The zero-order valence-electron chi connectivity index (χ0n) is 8.47. The van der Waals surface area contributed by atoms with Crippen LogP contribution in [0.25, 0.3) is 0 Å². The van der Waals surface area contributed by atoms with Crippen LogP contribution in [0.15, 0.2) is 12.1 Å². The predicted octanol–water partition coefficient (Wildman–Crippen LogP) is 2.22. The lowest BCUT2D eigenvalue weighted by molar-refractivity contribution is 0.0963. The number of hydrogen-bond acceptors (Lipinski definition) is 2. The maximum Gasteiger partial charge on any atom is 0.251 e. The van der Waals surface area contributed by atoms with Crippen LogP contribution in [0.3, 0.4) is 0 Å². The third-order valence-corrected chi connectivity index (χ3v) is 2.09. The molecular weight excluding hydrogens is 200 g/mol. The van der Waals surface area contributed by atoms with Crippen molar-refractivity contribution in [2.45, 2.75) is 19.8 Å². The molecule has 0 saturated carbocycles. The Morgan fingerprint density at radius 2 is 2.14 bits per heavy atom. The van der Waals surface area contributed by atoms with E-state index in [0.29, 0.717) is 10.7 Å². The molecule has 0 atom stereocenters. The van der Waals surface area contributed by atoms with Gasteiger partial charge in [0.2, 0.25) is 0 Å². The van der Waals surface area contributed by atoms with Crippen LogP contribution in [0.1, 0.15) is 35.8 Å². The Morgan fingerprint density at radius 1 is 1.50 bits per heavy atom. The average molecular weight is 213 g/mol. The number of nitrogens with zero attached hydrogens (tertiary/aromatic N) is 1. The van der Waals surface area contributed by atoms with Crippen molar-refractivity contribution < 1.29 is 4.79 Å². The minimum Gasteiger partial charge on any atom is -0.355 e. The number of halogens is 1. The molecule has 0 aromatic carbocycles. The fourth-order valence-electron chi connectivity index (χ4n) is 1.09. The summed E-state index contributed by atoms with van der Waals surface area (Å²) in [6.45, 7) is 4.01. The van der Waals surface area contributed by atoms with Gasteiger partial charge in [-0.3, -0.25) is 4.79 Å². The molecule has 0 bridgehead atoms. The number of rotatable bonds is 2. The van der Waals surface area contributed by atoms with E-state index in [-0.39, 0.29) is 11.8 Å². The molecule has 0 aliphatic rings. The molecule has 0 spiro atoms. The molecular formula is C10H13ClN2O. The molecule has 14 heavy (non-hydrogen) atoms. The van der Waals surface area contributed by atoms with Crippen LogP contribution in [0.5, 0.6) is 0 Å². The lowest BCUT2D eigenvalue weighted by Gasteiger charge is -2.07. The first kappa shape index (κ1) is 11.0. The molecule has 1 aromatic rings. The van der Waals surface area contributed by atoms with E-state index in [1.54, 1.807) is 19.2 Å². The van der Waals surface area contributed by atoms with Crippen molar-refractivity contribution in [3.63, 3.8) is 0 Å². The van der Waals surface area contributed by atoms with Crippen LogP contribution in [0.2, 0.25) is 5.15 Å². The number of aromatic nitrogens is 1. The van der Waals surface area contributed by atoms with Gasteiger partial charge in [-0.05, 0) is 18.1 Å². The Bertz CT molecular complexity index is 350. The number of nitrogens with one attached hydrogen (secondary N) is 1. The molecule has 1 N–H and O–H groups in total. The summed E-state index contributed by atoms with van der Waals surface area (Å²) < 4.78 is 0. The topological polar surface area (TPSA) is 42.0 Å². The van der Waals surface area contributed by atoms with Crippen LogP contribution >= 0.6 is 11.6 Å². The van der Waals surface area contributed by atoms with Gasteiger partial charge in [0.25, 0.3) is 5.91 Å². The van der Waals surface area contributed by atoms with E-state index in [1.807, 2.05) is 13.8 Å². The predicted molar refractivity (Wildman–Crippen MR) is 56.7 cm³/mol. The molecule has 1 heterocycles. The number of hydrogen-bond donors (Lipinski definition) is 1. The molecule has 0 fully saturated rings. The molecule has 1 amide bonds. The van der Waals surface area contributed by atoms with Gasteiger partial charge in [-0.15, -0.1) is 0 Å². The molecule has 3 nitrogen and oxygen atoms in total. The zero-order valence-corrected chi connectivity index (χ0v) is 9.22. The smallest absolute Gasteiger partial charge is 0.251 e. The summed E-state index contributed by atoms with van der Waals surface area (Å²) in [6, 6.07) is 3.32. The van der Waals surface area contributed by atoms with Crippen molar-refractivity contribution in [1.29, 1.82) is 0 Å². The van der Waals surface area contributed by atoms with E-state index in [2.05, 4.69) is 10.3 Å². The summed E-state index contributed by atoms with van der Waals surface area (Å²) in [5, 5.41) is 2.91. The van der Waals surface area contributed by atoms with Gasteiger partial charge in [-0.25, -0.2) is 4.98 Å². The summed E-state index contributed by atoms with van der Waals surface area (Å²) >= 11 is 5.80. The summed E-state index contributed by atoms with van der Waals surface area (Å²) in [7, 11) is 1.59. The Morgan fingerprint density at radius 3 is 2.64 bits per heavy atom. The molecule has 0 radical (unpaired) electrons. The van der Waals surface area contributed by atoms with E-state index in [4.69, 9.17) is 11.6 Å². The van der Waals surface area contributed by atoms with Crippen molar-refractivity contribution in [2.24, 2.45) is 0 Å². The Labute approximate surface area is 88.5 Å². The van der Waals surface area contributed by atoms with Gasteiger partial charge in [0.1, 0.15) is 5.15 Å². The fraction of sp³-hybridized carbons (Fsp3) is 0.400. The van der Waals surface area contributed by atoms with Crippen molar-refractivity contribution in [3.8, 4) is 0 Å². The van der Waals surface area contributed by atoms with Gasteiger partial charge >= 0.3 is 0 Å². The number of pyridine rings is 1. The van der Waals surface area contributed by atoms with E-state index in [1.165, 1.54) is 0 Å². The maximum atomic E-state index is 11.3. The van der Waals surface area contributed by atoms with Crippen LogP contribution in [0.4, 0.5) is 0 Å². The first-order valence-corrected chi connectivity index (χ1v) is 4.82. The third kappa shape index (κ3) is 2.45. The lowest BCUT2D eigenvalue weighted by atomic mass is 10.1.